The first-order valence-electron chi connectivity index (χ1n) is 6.90. The highest BCUT2D eigenvalue weighted by Crippen LogP contribution is 2.28. The maximum atomic E-state index is 12.4. The molecule has 0 unspecified atom stereocenters. The van der Waals surface area contributed by atoms with E-state index in [-0.39, 0.29) is 12.4 Å². The van der Waals surface area contributed by atoms with Gasteiger partial charge in [0.1, 0.15) is 5.82 Å². The predicted molar refractivity (Wildman–Crippen MR) is 78.7 cm³/mol. The molecule has 0 radical (unpaired) electrons. The van der Waals surface area contributed by atoms with Crippen LogP contribution in [0.15, 0.2) is 27.2 Å². The first-order chi connectivity index (χ1) is 10.9. The lowest BCUT2D eigenvalue weighted by Crippen LogP contribution is -2.46. The Hall–Kier alpha value is -1.68. The third-order valence-corrected chi connectivity index (χ3v) is 3.95. The molecule has 0 bridgehead atoms. The van der Waals surface area contributed by atoms with Gasteiger partial charge in [-0.25, -0.2) is 4.98 Å². The number of anilines is 1. The fourth-order valence-corrected chi connectivity index (χ4v) is 2.55. The Kier molecular flexibility index (Phi) is 4.53. The highest BCUT2D eigenvalue weighted by atomic mass is 79.9. The van der Waals surface area contributed by atoms with Crippen LogP contribution in [0, 0.1) is 0 Å². The van der Waals surface area contributed by atoms with Gasteiger partial charge >= 0.3 is 12.1 Å². The molecule has 2 aromatic heterocycles. The van der Waals surface area contributed by atoms with E-state index < -0.39 is 12.1 Å². The van der Waals surface area contributed by atoms with E-state index in [1.807, 2.05) is 17.0 Å². The number of halogens is 4. The van der Waals surface area contributed by atoms with Gasteiger partial charge in [-0.2, -0.15) is 13.2 Å². The van der Waals surface area contributed by atoms with Crippen LogP contribution in [0.2, 0.25) is 0 Å². The van der Waals surface area contributed by atoms with Crippen LogP contribution in [0.25, 0.3) is 0 Å². The molecule has 1 aliphatic rings. The summed E-state index contributed by atoms with van der Waals surface area (Å²) >= 11 is 3.34. The quantitative estimate of drug-likeness (QED) is 0.801. The van der Waals surface area contributed by atoms with Crippen LogP contribution in [0.5, 0.6) is 0 Å². The first-order valence-corrected chi connectivity index (χ1v) is 7.69. The number of rotatable bonds is 3. The van der Waals surface area contributed by atoms with Crippen LogP contribution in [0.4, 0.5) is 19.0 Å². The van der Waals surface area contributed by atoms with E-state index in [1.54, 1.807) is 6.20 Å². The zero-order chi connectivity index (χ0) is 16.4. The van der Waals surface area contributed by atoms with Crippen molar-refractivity contribution in [2.24, 2.45) is 0 Å². The van der Waals surface area contributed by atoms with Crippen molar-refractivity contribution in [3.05, 3.63) is 34.6 Å². The number of alkyl halides is 3. The second kappa shape index (κ2) is 6.44. The lowest BCUT2D eigenvalue weighted by Gasteiger charge is -2.34. The van der Waals surface area contributed by atoms with Crippen molar-refractivity contribution in [3.8, 4) is 0 Å². The minimum atomic E-state index is -4.60. The summed E-state index contributed by atoms with van der Waals surface area (Å²) in [5, 5.41) is 6.48. The third-order valence-electron chi connectivity index (χ3n) is 3.48. The van der Waals surface area contributed by atoms with Crippen molar-refractivity contribution in [3.63, 3.8) is 0 Å². The molecule has 0 aliphatic carbocycles. The standard InChI is InChI=1S/C13H13BrF3N5O/c14-9-1-2-10(18-7-9)22-5-3-21(4-6-22)8-11-19-20-12(23-11)13(15,16)17/h1-2,7H,3-6,8H2. The minimum Gasteiger partial charge on any atom is -0.416 e. The number of hydrogen-bond donors (Lipinski definition) is 0. The van der Waals surface area contributed by atoms with E-state index in [9.17, 15) is 13.2 Å². The van der Waals surface area contributed by atoms with Crippen LogP contribution in [-0.4, -0.2) is 46.3 Å². The van der Waals surface area contributed by atoms with Gasteiger partial charge in [-0.15, -0.1) is 10.2 Å². The molecular weight excluding hydrogens is 379 g/mol. The van der Waals surface area contributed by atoms with Gasteiger partial charge in [-0.3, -0.25) is 4.90 Å². The Morgan fingerprint density at radius 2 is 1.87 bits per heavy atom. The van der Waals surface area contributed by atoms with Gasteiger partial charge in [-0.05, 0) is 28.1 Å². The number of aromatic nitrogens is 3. The molecule has 23 heavy (non-hydrogen) atoms. The molecule has 0 spiro atoms. The Morgan fingerprint density at radius 3 is 2.43 bits per heavy atom. The van der Waals surface area contributed by atoms with Crippen LogP contribution >= 0.6 is 15.9 Å². The van der Waals surface area contributed by atoms with Crippen molar-refractivity contribution in [1.29, 1.82) is 0 Å². The van der Waals surface area contributed by atoms with Gasteiger partial charge < -0.3 is 9.32 Å². The smallest absolute Gasteiger partial charge is 0.416 e. The van der Waals surface area contributed by atoms with Crippen molar-refractivity contribution >= 4 is 21.7 Å². The molecule has 3 rings (SSSR count). The summed E-state index contributed by atoms with van der Waals surface area (Å²) in [6.07, 6.45) is -2.87. The molecule has 1 aliphatic heterocycles. The lowest BCUT2D eigenvalue weighted by atomic mass is 10.3. The van der Waals surface area contributed by atoms with Crippen molar-refractivity contribution in [2.45, 2.75) is 12.7 Å². The summed E-state index contributed by atoms with van der Waals surface area (Å²) < 4.78 is 42.8. The monoisotopic (exact) mass is 391 g/mol. The maximum Gasteiger partial charge on any atom is 0.470 e. The van der Waals surface area contributed by atoms with Gasteiger partial charge in [0, 0.05) is 36.8 Å². The summed E-state index contributed by atoms with van der Waals surface area (Å²) in [6.45, 7) is 3.04. The predicted octanol–water partition coefficient (Wildman–Crippen LogP) is 2.57. The molecule has 10 heteroatoms. The summed E-state index contributed by atoms with van der Waals surface area (Å²) in [5.74, 6) is -0.442. The van der Waals surface area contributed by atoms with E-state index in [0.29, 0.717) is 13.1 Å². The summed E-state index contributed by atoms with van der Waals surface area (Å²) in [6, 6.07) is 3.85. The number of piperazine rings is 1. The topological polar surface area (TPSA) is 58.3 Å². The van der Waals surface area contributed by atoms with Gasteiger partial charge in [0.15, 0.2) is 0 Å². The van der Waals surface area contributed by atoms with Crippen LogP contribution in [0.3, 0.4) is 0 Å². The highest BCUT2D eigenvalue weighted by molar-refractivity contribution is 9.10. The molecule has 6 nitrogen and oxygen atoms in total. The van der Waals surface area contributed by atoms with Gasteiger partial charge in [0.05, 0.1) is 6.54 Å². The molecule has 1 fully saturated rings. The Morgan fingerprint density at radius 1 is 1.13 bits per heavy atom. The number of hydrogen-bond acceptors (Lipinski definition) is 6. The molecule has 0 atom stereocenters. The molecule has 3 heterocycles. The second-order valence-electron chi connectivity index (χ2n) is 5.10. The fraction of sp³-hybridized carbons (Fsp3) is 0.462. The van der Waals surface area contributed by atoms with Crippen LogP contribution in [0.1, 0.15) is 11.8 Å². The maximum absolute atomic E-state index is 12.4. The molecule has 0 aromatic carbocycles. The fourth-order valence-electron chi connectivity index (χ4n) is 2.31. The normalized spacial score (nSPS) is 16.8. The number of pyridine rings is 1. The zero-order valence-corrected chi connectivity index (χ0v) is 13.5. The van der Waals surface area contributed by atoms with Gasteiger partial charge in [-0.1, -0.05) is 0 Å². The largest absolute Gasteiger partial charge is 0.470 e. The van der Waals surface area contributed by atoms with E-state index in [1.165, 1.54) is 0 Å². The highest BCUT2D eigenvalue weighted by Gasteiger charge is 2.38. The minimum absolute atomic E-state index is 0.0208. The van der Waals surface area contributed by atoms with Gasteiger partial charge in [0.25, 0.3) is 0 Å². The molecule has 124 valence electrons. The van der Waals surface area contributed by atoms with Crippen molar-refractivity contribution < 1.29 is 17.6 Å². The Labute approximate surface area is 138 Å². The van der Waals surface area contributed by atoms with Crippen LogP contribution in [-0.2, 0) is 12.7 Å². The SMILES string of the molecule is FC(F)(F)c1nnc(CN2CCN(c3ccc(Br)cn3)CC2)o1. The Balaban J connectivity index is 1.55. The van der Waals surface area contributed by atoms with E-state index in [2.05, 4.69) is 40.4 Å². The molecule has 0 amide bonds. The van der Waals surface area contributed by atoms with E-state index >= 15 is 0 Å². The lowest BCUT2D eigenvalue weighted by molar-refractivity contribution is -0.157. The zero-order valence-electron chi connectivity index (χ0n) is 11.9. The average Bonchev–Trinajstić information content (AvgIpc) is 2.98. The molecule has 0 N–H and O–H groups in total. The van der Waals surface area contributed by atoms with Crippen molar-refractivity contribution in [2.75, 3.05) is 31.1 Å². The molecule has 2 aromatic rings. The molecule has 0 saturated carbocycles. The molecular formula is C13H13BrF3N5O. The summed E-state index contributed by atoms with van der Waals surface area (Å²) in [7, 11) is 0. The van der Waals surface area contributed by atoms with Crippen molar-refractivity contribution in [1.82, 2.24) is 20.1 Å². The van der Waals surface area contributed by atoms with E-state index in [0.717, 1.165) is 23.4 Å². The third kappa shape index (κ3) is 3.99. The second-order valence-corrected chi connectivity index (χ2v) is 6.01. The summed E-state index contributed by atoms with van der Waals surface area (Å²) in [5.41, 5.74) is 0. The number of nitrogens with zero attached hydrogens (tertiary/aromatic N) is 5. The van der Waals surface area contributed by atoms with Crippen LogP contribution < -0.4 is 4.90 Å². The average molecular weight is 392 g/mol. The summed E-state index contributed by atoms with van der Waals surface area (Å²) in [4.78, 5) is 8.43. The Bertz CT molecular complexity index is 652. The molecule has 1 saturated heterocycles. The van der Waals surface area contributed by atoms with E-state index in [4.69, 9.17) is 0 Å². The first kappa shape index (κ1) is 16.2. The van der Waals surface area contributed by atoms with Gasteiger partial charge in [0.2, 0.25) is 5.89 Å².